The third-order valence-corrected chi connectivity index (χ3v) is 5.54. The van der Waals surface area contributed by atoms with E-state index in [0.717, 1.165) is 6.07 Å². The SMILES string of the molecule is O=C(Nc1ccc([N+](=O)[O-])c(NC(=O)c2ccc(Cl)c(Cl)c2)c1)c1ccc(Cl)c(Cl)c1. The van der Waals surface area contributed by atoms with Crippen molar-refractivity contribution in [2.75, 3.05) is 10.6 Å². The first-order chi connectivity index (χ1) is 14.7. The van der Waals surface area contributed by atoms with E-state index < -0.39 is 16.7 Å². The number of rotatable bonds is 5. The minimum Gasteiger partial charge on any atom is -0.322 e. The van der Waals surface area contributed by atoms with E-state index in [2.05, 4.69) is 10.6 Å². The van der Waals surface area contributed by atoms with Gasteiger partial charge in [0.15, 0.2) is 0 Å². The number of halogens is 4. The standard InChI is InChI=1S/C20H11Cl4N3O4/c21-13-4-1-10(7-15(13)23)19(28)25-12-3-6-18(27(30)31)17(9-12)26-20(29)11-2-5-14(22)16(24)8-11/h1-9H,(H,25,28)(H,26,29). The van der Waals surface area contributed by atoms with Gasteiger partial charge in [0.1, 0.15) is 5.69 Å². The summed E-state index contributed by atoms with van der Waals surface area (Å²) in [6, 6.07) is 12.3. The first-order valence-corrected chi connectivity index (χ1v) is 9.98. The van der Waals surface area contributed by atoms with Crippen LogP contribution in [0.4, 0.5) is 17.1 Å². The van der Waals surface area contributed by atoms with Gasteiger partial charge in [-0.05, 0) is 48.5 Å². The predicted octanol–water partition coefficient (Wildman–Crippen LogP) is 6.71. The molecule has 158 valence electrons. The Kier molecular flexibility index (Phi) is 7.02. The first-order valence-electron chi connectivity index (χ1n) is 8.47. The third kappa shape index (κ3) is 5.45. The van der Waals surface area contributed by atoms with Crippen LogP contribution < -0.4 is 10.6 Å². The normalized spacial score (nSPS) is 10.5. The van der Waals surface area contributed by atoms with Crippen molar-refractivity contribution in [3.8, 4) is 0 Å². The van der Waals surface area contributed by atoms with Gasteiger partial charge in [-0.3, -0.25) is 19.7 Å². The molecule has 0 saturated heterocycles. The minimum atomic E-state index is -0.658. The Morgan fingerprint density at radius 1 is 0.710 bits per heavy atom. The molecule has 0 saturated carbocycles. The average molecular weight is 499 g/mol. The molecule has 0 atom stereocenters. The largest absolute Gasteiger partial charge is 0.322 e. The maximum absolute atomic E-state index is 12.5. The lowest BCUT2D eigenvalue weighted by Gasteiger charge is -2.10. The van der Waals surface area contributed by atoms with Crippen LogP contribution in [0.2, 0.25) is 20.1 Å². The molecule has 0 bridgehead atoms. The molecule has 3 aromatic rings. The number of nitro benzene ring substituents is 1. The zero-order valence-electron chi connectivity index (χ0n) is 15.3. The smallest absolute Gasteiger partial charge is 0.292 e. The fourth-order valence-electron chi connectivity index (χ4n) is 2.55. The number of anilines is 2. The summed E-state index contributed by atoms with van der Waals surface area (Å²) >= 11 is 23.5. The van der Waals surface area contributed by atoms with Gasteiger partial charge < -0.3 is 10.6 Å². The molecule has 0 aliphatic heterocycles. The maximum atomic E-state index is 12.5. The molecule has 0 aliphatic rings. The number of hydrogen-bond acceptors (Lipinski definition) is 4. The van der Waals surface area contributed by atoms with Crippen molar-refractivity contribution in [3.05, 3.63) is 95.9 Å². The van der Waals surface area contributed by atoms with Gasteiger partial charge in [0.2, 0.25) is 0 Å². The quantitative estimate of drug-likeness (QED) is 0.301. The van der Waals surface area contributed by atoms with Gasteiger partial charge in [-0.1, -0.05) is 46.4 Å². The number of carbonyl (C=O) groups excluding carboxylic acids is 2. The van der Waals surface area contributed by atoms with Crippen LogP contribution in [0.5, 0.6) is 0 Å². The number of nitro groups is 1. The Bertz CT molecular complexity index is 1220. The van der Waals surface area contributed by atoms with E-state index in [0.29, 0.717) is 5.02 Å². The van der Waals surface area contributed by atoms with Crippen LogP contribution in [0.15, 0.2) is 54.6 Å². The zero-order valence-corrected chi connectivity index (χ0v) is 18.3. The highest BCUT2D eigenvalue weighted by molar-refractivity contribution is 6.42. The number of nitrogens with zero attached hydrogens (tertiary/aromatic N) is 1. The maximum Gasteiger partial charge on any atom is 0.292 e. The van der Waals surface area contributed by atoms with Crippen LogP contribution in [0.25, 0.3) is 0 Å². The van der Waals surface area contributed by atoms with Crippen LogP contribution in [0.1, 0.15) is 20.7 Å². The van der Waals surface area contributed by atoms with Crippen molar-refractivity contribution in [2.24, 2.45) is 0 Å². The molecule has 3 aromatic carbocycles. The van der Waals surface area contributed by atoms with Crippen LogP contribution >= 0.6 is 46.4 Å². The molecule has 0 unspecified atom stereocenters. The van der Waals surface area contributed by atoms with Crippen LogP contribution in [-0.4, -0.2) is 16.7 Å². The van der Waals surface area contributed by atoms with Gasteiger partial charge >= 0.3 is 0 Å². The van der Waals surface area contributed by atoms with Crippen LogP contribution in [0.3, 0.4) is 0 Å². The summed E-state index contributed by atoms with van der Waals surface area (Å²) in [5.74, 6) is -1.16. The van der Waals surface area contributed by atoms with Gasteiger partial charge in [-0.15, -0.1) is 0 Å². The molecular formula is C20H11Cl4N3O4. The Morgan fingerprint density at radius 2 is 1.23 bits per heavy atom. The van der Waals surface area contributed by atoms with Crippen molar-refractivity contribution in [2.45, 2.75) is 0 Å². The predicted molar refractivity (Wildman–Crippen MR) is 122 cm³/mol. The summed E-state index contributed by atoms with van der Waals surface area (Å²) in [7, 11) is 0. The Morgan fingerprint density at radius 3 is 1.71 bits per heavy atom. The van der Waals surface area contributed by atoms with Crippen molar-refractivity contribution in [1.82, 2.24) is 0 Å². The van der Waals surface area contributed by atoms with E-state index >= 15 is 0 Å². The summed E-state index contributed by atoms with van der Waals surface area (Å²) in [4.78, 5) is 35.7. The summed E-state index contributed by atoms with van der Waals surface area (Å²) in [5, 5.41) is 17.3. The molecule has 0 aromatic heterocycles. The average Bonchev–Trinajstić information content (AvgIpc) is 2.71. The van der Waals surface area contributed by atoms with E-state index in [1.807, 2.05) is 0 Å². The number of benzene rings is 3. The van der Waals surface area contributed by atoms with Crippen molar-refractivity contribution < 1.29 is 14.5 Å². The zero-order chi connectivity index (χ0) is 22.7. The summed E-state index contributed by atoms with van der Waals surface area (Å²) in [6.07, 6.45) is 0. The molecule has 11 heteroatoms. The lowest BCUT2D eigenvalue weighted by atomic mass is 10.1. The fourth-order valence-corrected chi connectivity index (χ4v) is 3.14. The number of hydrogen-bond donors (Lipinski definition) is 2. The van der Waals surface area contributed by atoms with E-state index in [9.17, 15) is 19.7 Å². The summed E-state index contributed by atoms with van der Waals surface area (Å²) < 4.78 is 0. The lowest BCUT2D eigenvalue weighted by Crippen LogP contribution is -2.15. The number of carbonyl (C=O) groups is 2. The van der Waals surface area contributed by atoms with Gasteiger partial charge in [-0.25, -0.2) is 0 Å². The molecule has 0 radical (unpaired) electrons. The number of nitrogens with one attached hydrogen (secondary N) is 2. The minimum absolute atomic E-state index is 0.118. The highest BCUT2D eigenvalue weighted by atomic mass is 35.5. The monoisotopic (exact) mass is 497 g/mol. The molecular weight excluding hydrogens is 488 g/mol. The van der Waals surface area contributed by atoms with Crippen molar-refractivity contribution in [1.29, 1.82) is 0 Å². The molecule has 2 N–H and O–H groups in total. The Hall–Kier alpha value is -2.84. The molecule has 0 aliphatic carbocycles. The van der Waals surface area contributed by atoms with E-state index in [1.54, 1.807) is 0 Å². The molecule has 2 amide bonds. The van der Waals surface area contributed by atoms with Crippen LogP contribution in [0, 0.1) is 10.1 Å². The van der Waals surface area contributed by atoms with Crippen molar-refractivity contribution in [3.63, 3.8) is 0 Å². The van der Waals surface area contributed by atoms with Gasteiger partial charge in [0, 0.05) is 22.9 Å². The molecule has 3 rings (SSSR count). The Balaban J connectivity index is 1.87. The Labute approximate surface area is 196 Å². The second kappa shape index (κ2) is 9.53. The molecule has 0 spiro atoms. The highest BCUT2D eigenvalue weighted by Gasteiger charge is 2.19. The second-order valence-electron chi connectivity index (χ2n) is 6.16. The van der Waals surface area contributed by atoms with Gasteiger partial charge in [-0.2, -0.15) is 0 Å². The van der Waals surface area contributed by atoms with Crippen molar-refractivity contribution >= 4 is 75.3 Å². The summed E-state index contributed by atoms with van der Waals surface area (Å²) in [5.41, 5.74) is 0.114. The first kappa shape index (κ1) is 22.8. The van der Waals surface area contributed by atoms with Gasteiger partial charge in [0.05, 0.1) is 25.0 Å². The topological polar surface area (TPSA) is 101 Å². The van der Waals surface area contributed by atoms with E-state index in [4.69, 9.17) is 46.4 Å². The molecule has 7 nitrogen and oxygen atoms in total. The van der Waals surface area contributed by atoms with Gasteiger partial charge in [0.25, 0.3) is 17.5 Å². The second-order valence-corrected chi connectivity index (χ2v) is 7.78. The molecule has 31 heavy (non-hydrogen) atoms. The highest BCUT2D eigenvalue weighted by Crippen LogP contribution is 2.30. The molecule has 0 heterocycles. The van der Waals surface area contributed by atoms with E-state index in [-0.39, 0.29) is 43.3 Å². The fraction of sp³-hybridized carbons (Fsp3) is 0. The van der Waals surface area contributed by atoms with Crippen LogP contribution in [-0.2, 0) is 0 Å². The lowest BCUT2D eigenvalue weighted by molar-refractivity contribution is -0.383. The van der Waals surface area contributed by atoms with E-state index in [1.165, 1.54) is 48.5 Å². The number of amides is 2. The molecule has 0 fully saturated rings. The third-order valence-electron chi connectivity index (χ3n) is 4.06. The summed E-state index contributed by atoms with van der Waals surface area (Å²) in [6.45, 7) is 0.